The van der Waals surface area contributed by atoms with E-state index < -0.39 is 0 Å². The smallest absolute Gasteiger partial charge is 0.191 e. The molecule has 6 nitrogen and oxygen atoms in total. The fraction of sp³-hybridized carbons (Fsp3) is 0.682. The van der Waals surface area contributed by atoms with Gasteiger partial charge in [0.1, 0.15) is 0 Å². The first-order valence-electron chi connectivity index (χ1n) is 10.3. The second-order valence-electron chi connectivity index (χ2n) is 8.49. The Morgan fingerprint density at radius 2 is 1.71 bits per heavy atom. The molecule has 1 aromatic carbocycles. The van der Waals surface area contributed by atoms with Gasteiger partial charge in [-0.2, -0.15) is 0 Å². The Morgan fingerprint density at radius 3 is 2.29 bits per heavy atom. The van der Waals surface area contributed by atoms with E-state index >= 15 is 0 Å². The molecular formula is C22H35N3O3. The van der Waals surface area contributed by atoms with Gasteiger partial charge in [-0.05, 0) is 30.5 Å². The van der Waals surface area contributed by atoms with Crippen molar-refractivity contribution in [3.63, 3.8) is 0 Å². The molecule has 0 aromatic heterocycles. The first-order valence-corrected chi connectivity index (χ1v) is 10.3. The Labute approximate surface area is 169 Å². The van der Waals surface area contributed by atoms with Crippen LogP contribution in [-0.2, 0) is 10.2 Å². The van der Waals surface area contributed by atoms with E-state index in [4.69, 9.17) is 14.2 Å². The fourth-order valence-electron chi connectivity index (χ4n) is 4.29. The monoisotopic (exact) mass is 389 g/mol. The van der Waals surface area contributed by atoms with Crippen LogP contribution in [0.2, 0.25) is 0 Å². The Hall–Kier alpha value is -1.95. The first kappa shape index (κ1) is 20.8. The van der Waals surface area contributed by atoms with E-state index in [1.165, 1.54) is 24.8 Å². The average Bonchev–Trinajstić information content (AvgIpc) is 2.72. The minimum Gasteiger partial charge on any atom is -0.493 e. The lowest BCUT2D eigenvalue weighted by molar-refractivity contribution is -0.0971. The molecule has 2 N–H and O–H groups in total. The lowest BCUT2D eigenvalue weighted by Gasteiger charge is -2.40. The summed E-state index contributed by atoms with van der Waals surface area (Å²) in [6.45, 7) is 5.59. The summed E-state index contributed by atoms with van der Waals surface area (Å²) in [5, 5.41) is 7.07. The number of nitrogens with one attached hydrogen (secondary N) is 2. The maximum absolute atomic E-state index is 5.56. The molecule has 1 aliphatic carbocycles. The molecule has 1 aromatic rings. The second-order valence-corrected chi connectivity index (χ2v) is 8.49. The summed E-state index contributed by atoms with van der Waals surface area (Å²) in [5.41, 5.74) is 1.61. The van der Waals surface area contributed by atoms with E-state index in [0.29, 0.717) is 0 Å². The van der Waals surface area contributed by atoms with E-state index in [-0.39, 0.29) is 10.8 Å². The maximum atomic E-state index is 5.56. The molecule has 1 saturated heterocycles. The zero-order valence-corrected chi connectivity index (χ0v) is 17.8. The highest BCUT2D eigenvalue weighted by molar-refractivity contribution is 5.79. The highest BCUT2D eigenvalue weighted by Gasteiger charge is 2.36. The number of ether oxygens (including phenoxy) is 3. The molecular weight excluding hydrogens is 354 g/mol. The SMILES string of the molecule is CN=C(NCC1(C)COC1)NCC1(c2ccc(OC)c(OC)c2)CCCCC1. The molecule has 0 atom stereocenters. The molecule has 3 rings (SSSR count). The van der Waals surface area contributed by atoms with Crippen molar-refractivity contribution in [1.82, 2.24) is 10.6 Å². The molecule has 156 valence electrons. The number of methoxy groups -OCH3 is 2. The van der Waals surface area contributed by atoms with Crippen molar-refractivity contribution >= 4 is 5.96 Å². The normalized spacial score (nSPS) is 20.8. The quantitative estimate of drug-likeness (QED) is 0.554. The lowest BCUT2D eigenvalue weighted by atomic mass is 9.69. The average molecular weight is 390 g/mol. The third kappa shape index (κ3) is 4.54. The number of guanidine groups is 1. The van der Waals surface area contributed by atoms with Crippen LogP contribution in [0.3, 0.4) is 0 Å². The third-order valence-electron chi connectivity index (χ3n) is 6.21. The van der Waals surface area contributed by atoms with E-state index in [0.717, 1.165) is 56.6 Å². The van der Waals surface area contributed by atoms with Gasteiger partial charge in [-0.25, -0.2) is 0 Å². The van der Waals surface area contributed by atoms with Gasteiger partial charge < -0.3 is 24.8 Å². The molecule has 0 amide bonds. The lowest BCUT2D eigenvalue weighted by Crippen LogP contribution is -2.52. The Bertz CT molecular complexity index is 680. The van der Waals surface area contributed by atoms with Crippen molar-refractivity contribution in [3.8, 4) is 11.5 Å². The van der Waals surface area contributed by atoms with E-state index in [9.17, 15) is 0 Å². The van der Waals surface area contributed by atoms with Gasteiger partial charge >= 0.3 is 0 Å². The first-order chi connectivity index (χ1) is 13.5. The van der Waals surface area contributed by atoms with Crippen molar-refractivity contribution in [2.45, 2.75) is 44.4 Å². The summed E-state index contributed by atoms with van der Waals surface area (Å²) >= 11 is 0. The highest BCUT2D eigenvalue weighted by atomic mass is 16.5. The number of hydrogen-bond donors (Lipinski definition) is 2. The zero-order valence-electron chi connectivity index (χ0n) is 17.8. The van der Waals surface area contributed by atoms with Gasteiger partial charge in [0, 0.05) is 31.0 Å². The fourth-order valence-corrected chi connectivity index (χ4v) is 4.29. The molecule has 1 heterocycles. The van der Waals surface area contributed by atoms with Gasteiger partial charge in [0.2, 0.25) is 0 Å². The van der Waals surface area contributed by atoms with Gasteiger partial charge in [-0.15, -0.1) is 0 Å². The van der Waals surface area contributed by atoms with Crippen LogP contribution >= 0.6 is 0 Å². The van der Waals surface area contributed by atoms with Crippen molar-refractivity contribution < 1.29 is 14.2 Å². The number of aliphatic imine (C=N–C) groups is 1. The number of nitrogens with zero attached hydrogens (tertiary/aromatic N) is 1. The van der Waals surface area contributed by atoms with Crippen LogP contribution in [0.4, 0.5) is 0 Å². The Kier molecular flexibility index (Phi) is 6.70. The van der Waals surface area contributed by atoms with E-state index in [1.807, 2.05) is 13.1 Å². The highest BCUT2D eigenvalue weighted by Crippen LogP contribution is 2.42. The largest absolute Gasteiger partial charge is 0.493 e. The summed E-state index contributed by atoms with van der Waals surface area (Å²) in [6, 6.07) is 6.36. The maximum Gasteiger partial charge on any atom is 0.191 e. The summed E-state index contributed by atoms with van der Waals surface area (Å²) in [7, 11) is 5.21. The van der Waals surface area contributed by atoms with Crippen LogP contribution in [0, 0.1) is 5.41 Å². The Balaban J connectivity index is 1.72. The minimum absolute atomic E-state index is 0.0822. The Morgan fingerprint density at radius 1 is 1.04 bits per heavy atom. The molecule has 1 aliphatic heterocycles. The number of benzene rings is 1. The predicted octanol–water partition coefficient (Wildman–Crippen LogP) is 3.11. The van der Waals surface area contributed by atoms with Crippen molar-refractivity contribution in [1.29, 1.82) is 0 Å². The summed E-state index contributed by atoms with van der Waals surface area (Å²) in [4.78, 5) is 4.43. The molecule has 2 fully saturated rings. The predicted molar refractivity (Wildman–Crippen MR) is 113 cm³/mol. The number of rotatable bonds is 7. The summed E-state index contributed by atoms with van der Waals surface area (Å²) in [5.74, 6) is 2.43. The van der Waals surface area contributed by atoms with Crippen molar-refractivity contribution in [3.05, 3.63) is 23.8 Å². The van der Waals surface area contributed by atoms with E-state index in [1.54, 1.807) is 14.2 Å². The summed E-state index contributed by atoms with van der Waals surface area (Å²) < 4.78 is 16.3. The van der Waals surface area contributed by atoms with Crippen LogP contribution < -0.4 is 20.1 Å². The van der Waals surface area contributed by atoms with Crippen LogP contribution in [0.25, 0.3) is 0 Å². The molecule has 0 radical (unpaired) electrons. The van der Waals surface area contributed by atoms with Crippen molar-refractivity contribution in [2.75, 3.05) is 47.6 Å². The van der Waals surface area contributed by atoms with Crippen LogP contribution in [0.1, 0.15) is 44.6 Å². The molecule has 0 unspecified atom stereocenters. The molecule has 6 heteroatoms. The van der Waals surface area contributed by atoms with Gasteiger partial charge in [0.25, 0.3) is 0 Å². The molecule has 1 saturated carbocycles. The third-order valence-corrected chi connectivity index (χ3v) is 6.21. The topological polar surface area (TPSA) is 64.1 Å². The molecule has 0 bridgehead atoms. The van der Waals surface area contributed by atoms with Crippen LogP contribution in [0.5, 0.6) is 11.5 Å². The molecule has 28 heavy (non-hydrogen) atoms. The zero-order chi connectivity index (χ0) is 20.0. The van der Waals surface area contributed by atoms with Gasteiger partial charge in [0.15, 0.2) is 17.5 Å². The standard InChI is InChI=1S/C22H35N3O3/c1-21(15-28-16-21)13-24-20(23-2)25-14-22(10-6-5-7-11-22)17-8-9-18(26-3)19(12-17)27-4/h8-9,12H,5-7,10-11,13-16H2,1-4H3,(H2,23,24,25). The minimum atomic E-state index is 0.0822. The van der Waals surface area contributed by atoms with Gasteiger partial charge in [-0.3, -0.25) is 4.99 Å². The second kappa shape index (κ2) is 9.03. The summed E-state index contributed by atoms with van der Waals surface area (Å²) in [6.07, 6.45) is 6.13. The van der Waals surface area contributed by atoms with Crippen LogP contribution in [0.15, 0.2) is 23.2 Å². The van der Waals surface area contributed by atoms with Gasteiger partial charge in [-0.1, -0.05) is 32.3 Å². The molecule has 0 spiro atoms. The van der Waals surface area contributed by atoms with Crippen LogP contribution in [-0.4, -0.2) is 53.5 Å². The van der Waals surface area contributed by atoms with Gasteiger partial charge in [0.05, 0.1) is 27.4 Å². The van der Waals surface area contributed by atoms with Crippen molar-refractivity contribution in [2.24, 2.45) is 10.4 Å². The molecule has 2 aliphatic rings. The van der Waals surface area contributed by atoms with E-state index in [2.05, 4.69) is 34.7 Å². The number of hydrogen-bond acceptors (Lipinski definition) is 4.